The van der Waals surface area contributed by atoms with Crippen LogP contribution in [0.2, 0.25) is 0 Å². The lowest BCUT2D eigenvalue weighted by Crippen LogP contribution is -2.45. The van der Waals surface area contributed by atoms with Gasteiger partial charge in [0.2, 0.25) is 0 Å². The van der Waals surface area contributed by atoms with Crippen molar-refractivity contribution in [3.63, 3.8) is 0 Å². The summed E-state index contributed by atoms with van der Waals surface area (Å²) in [5.41, 5.74) is 24.2. The fourth-order valence-corrected chi connectivity index (χ4v) is 19.9. The minimum absolute atomic E-state index is 0.410. The van der Waals surface area contributed by atoms with E-state index in [9.17, 15) is 0 Å². The van der Waals surface area contributed by atoms with Crippen LogP contribution in [0.4, 0.5) is 108 Å². The number of nitrogens with zero attached hydrogens (tertiary/aromatic N) is 11. The van der Waals surface area contributed by atoms with Crippen LogP contribution in [0.25, 0.3) is 0 Å². The summed E-state index contributed by atoms with van der Waals surface area (Å²) >= 11 is 0. The van der Waals surface area contributed by atoms with E-state index in [0.717, 1.165) is 97.9 Å². The molecule has 0 aliphatic heterocycles. The van der Waals surface area contributed by atoms with Gasteiger partial charge in [0, 0.05) is 197 Å². The Morgan fingerprint density at radius 2 is 0.246 bits per heavy atom. The van der Waals surface area contributed by atoms with E-state index in [0.29, 0.717) is 71.8 Å². The van der Waals surface area contributed by atoms with E-state index < -0.39 is 0 Å². The summed E-state index contributed by atoms with van der Waals surface area (Å²) in [7, 11) is 0. The van der Waals surface area contributed by atoms with Crippen LogP contribution in [0, 0.1) is 42.4 Å². The van der Waals surface area contributed by atoms with Crippen LogP contribution in [0.5, 0.6) is 0 Å². The first-order valence-corrected chi connectivity index (χ1v) is 57.1. The molecule has 10 aromatic carbocycles. The number of hydrogen-bond donors (Lipinski definition) is 0. The highest BCUT2D eigenvalue weighted by Crippen LogP contribution is 2.46. The third-order valence-corrected chi connectivity index (χ3v) is 30.8. The van der Waals surface area contributed by atoms with Crippen LogP contribution in [0.15, 0.2) is 243 Å². The maximum absolute atomic E-state index is 2.63. The Morgan fingerprint density at radius 3 is 0.359 bits per heavy atom. The Morgan fingerprint density at radius 1 is 0.141 bits per heavy atom. The van der Waals surface area contributed by atoms with Gasteiger partial charge in [-0.1, -0.05) is 259 Å². The van der Waals surface area contributed by atoms with Gasteiger partial charge < -0.3 is 53.9 Å². The largest absolute Gasteiger partial charge is 0.372 e. The Labute approximate surface area is 869 Å². The summed E-state index contributed by atoms with van der Waals surface area (Å²) < 4.78 is 0. The van der Waals surface area contributed by atoms with Crippen LogP contribution >= 0.6 is 0 Å². The topological polar surface area (TPSA) is 35.6 Å². The van der Waals surface area contributed by atoms with E-state index in [-0.39, 0.29) is 0 Å². The van der Waals surface area contributed by atoms with Gasteiger partial charge in [-0.25, -0.2) is 0 Å². The number of benzene rings is 10. The minimum Gasteiger partial charge on any atom is -0.372 e. The predicted molar refractivity (Wildman–Crippen MR) is 635 cm³/mol. The van der Waals surface area contributed by atoms with Crippen molar-refractivity contribution in [3.05, 3.63) is 248 Å². The Balaban J connectivity index is 0.000000320. The molecule has 0 spiro atoms. The summed E-state index contributed by atoms with van der Waals surface area (Å²) in [6, 6.07) is 95.8. The highest BCUT2D eigenvalue weighted by Gasteiger charge is 2.31. The third-order valence-electron chi connectivity index (χ3n) is 30.8. The van der Waals surface area contributed by atoms with E-state index in [2.05, 4.69) is 483 Å². The zero-order chi connectivity index (χ0) is 103. The molecule has 10 rings (SSSR count). The van der Waals surface area contributed by atoms with Crippen LogP contribution < -0.4 is 53.9 Å². The van der Waals surface area contributed by atoms with Gasteiger partial charge in [-0.15, -0.1) is 0 Å². The average Bonchev–Trinajstić information content (AvgIpc) is 0.781. The molecule has 0 aliphatic carbocycles. The molecule has 0 heterocycles. The molecule has 776 valence electrons. The molecule has 11 nitrogen and oxygen atoms in total. The van der Waals surface area contributed by atoms with E-state index in [1.165, 1.54) is 222 Å². The maximum atomic E-state index is 2.63. The molecule has 0 aliphatic rings. The average molecular weight is 1930 g/mol. The molecule has 0 fully saturated rings. The zero-order valence-electron chi connectivity index (χ0n) is 94.6. The van der Waals surface area contributed by atoms with Crippen molar-refractivity contribution >= 4 is 108 Å². The van der Waals surface area contributed by atoms with Gasteiger partial charge in [0.05, 0.1) is 0 Å². The van der Waals surface area contributed by atoms with Gasteiger partial charge in [-0.2, -0.15) is 0 Å². The SMILES string of the molecule is CCCCCN(CCCCC)c1ccc(N(c2ccc(N(CCCCC)CCCCC)cc2)c2ccc(N(c3ccc(N(CCCCC)CCCCC)cc3)c3ccc(N(CCCCC)CCCCC)cc3)cc2)cc1.Cc1ccc(N(c2ccc(N(c3ccc(N(C(C)C(C)C)C(C)C(C)C)cc3)c3ccc(N(C(C)C(C)C)C(C)C(C)C)cc3)cc2)c2ccc(N(C(C)C(C)C)C(C)C(C)C)cc2)cc1. The van der Waals surface area contributed by atoms with Crippen LogP contribution in [-0.2, 0) is 0 Å². The van der Waals surface area contributed by atoms with Crippen LogP contribution in [0.1, 0.15) is 340 Å². The molecule has 0 saturated carbocycles. The van der Waals surface area contributed by atoms with E-state index in [4.69, 9.17) is 0 Å². The summed E-state index contributed by atoms with van der Waals surface area (Å²) in [5, 5.41) is 0. The normalized spacial score (nSPS) is 12.9. The molecule has 6 atom stereocenters. The molecule has 142 heavy (non-hydrogen) atoms. The molecule has 11 heteroatoms. The molecule has 0 saturated heterocycles. The highest BCUT2D eigenvalue weighted by atomic mass is 15.2. The molecular weight excluding hydrogens is 1730 g/mol. The molecule has 0 bridgehead atoms. The zero-order valence-corrected chi connectivity index (χ0v) is 94.6. The number of hydrogen-bond acceptors (Lipinski definition) is 11. The molecular formula is C131H197N11. The molecule has 10 aromatic rings. The van der Waals surface area contributed by atoms with Crippen molar-refractivity contribution in [1.82, 2.24) is 0 Å². The van der Waals surface area contributed by atoms with Gasteiger partial charge >= 0.3 is 0 Å². The lowest BCUT2D eigenvalue weighted by molar-refractivity contribution is 0.395. The Kier molecular flexibility index (Phi) is 49.4. The van der Waals surface area contributed by atoms with Gasteiger partial charge in [-0.3, -0.25) is 0 Å². The number of aryl methyl sites for hydroxylation is 1. The summed E-state index contributed by atoms with van der Waals surface area (Å²) in [6.07, 6.45) is 30.1. The second-order valence-electron chi connectivity index (χ2n) is 43.6. The Bertz CT molecular complexity index is 4560. The second-order valence-corrected chi connectivity index (χ2v) is 43.6. The summed E-state index contributed by atoms with van der Waals surface area (Å²) in [6.45, 7) is 71.8. The fraction of sp³-hybridized carbons (Fsp3) is 0.542. The third kappa shape index (κ3) is 33.5. The maximum Gasteiger partial charge on any atom is 0.0463 e. The lowest BCUT2D eigenvalue weighted by atomic mass is 9.96. The summed E-state index contributed by atoms with van der Waals surface area (Å²) in [4.78, 5) is 28.2. The molecule has 0 aromatic heterocycles. The highest BCUT2D eigenvalue weighted by molar-refractivity contribution is 5.85. The first kappa shape index (κ1) is 116. The number of anilines is 19. The van der Waals surface area contributed by atoms with Crippen LogP contribution in [-0.4, -0.2) is 88.6 Å². The van der Waals surface area contributed by atoms with Crippen molar-refractivity contribution in [2.75, 3.05) is 106 Å². The quantitative estimate of drug-likeness (QED) is 0.0342. The van der Waals surface area contributed by atoms with Gasteiger partial charge in [0.25, 0.3) is 0 Å². The first-order chi connectivity index (χ1) is 68.6. The standard InChI is InChI=1S/C70H108N6.C61H89N5/c1-9-17-25-53-71(54-26-18-10-2)61-33-41-65(42-34-61)75(66-43-35-62(36-44-66)72(55-27-19-11-3)56-28-20-12-4)69-49-51-70(52-50-69)76(67-45-37-63(38-46-67)73(57-29-21-13-5)58-30-22-14-6)68-47-39-64(40-48-68)74(59-31-23-15-7)60-32-24-16-8;1-40(2)47(14)62(48(15)41(3)4)53-24-30-57(31-25-53)65(56-22-20-46(13)21-23-56)60-36-38-61(39-37-60)66(58-32-26-54(27-33-58)63(49(16)42(5)6)50(17)43(7)8)59-34-28-55(29-35-59)64(51(18)44(9)10)52(19)45(11)12/h33-52H,9-32,53-60H2,1-8H3;20-45,47-52H,1-19H3. The van der Waals surface area contributed by atoms with Gasteiger partial charge in [0.15, 0.2) is 0 Å². The smallest absolute Gasteiger partial charge is 0.0463 e. The van der Waals surface area contributed by atoms with Crippen molar-refractivity contribution < 1.29 is 0 Å². The monoisotopic (exact) mass is 1920 g/mol. The minimum atomic E-state index is 0.410. The Hall–Kier alpha value is -10.0. The predicted octanol–water partition coefficient (Wildman–Crippen LogP) is 39.0. The second kappa shape index (κ2) is 60.7. The first-order valence-electron chi connectivity index (χ1n) is 57.1. The summed E-state index contributed by atoms with van der Waals surface area (Å²) in [5.74, 6) is 3.21. The van der Waals surface area contributed by atoms with Gasteiger partial charge in [0.1, 0.15) is 0 Å². The number of unbranched alkanes of at least 4 members (excludes halogenated alkanes) is 16. The van der Waals surface area contributed by atoms with Crippen molar-refractivity contribution in [1.29, 1.82) is 0 Å². The van der Waals surface area contributed by atoms with Crippen molar-refractivity contribution in [2.45, 2.75) is 377 Å². The molecule has 0 radical (unpaired) electrons. The van der Waals surface area contributed by atoms with E-state index >= 15 is 0 Å². The van der Waals surface area contributed by atoms with Gasteiger partial charge in [-0.05, 0) is 366 Å². The van der Waals surface area contributed by atoms with E-state index in [1.807, 2.05) is 0 Å². The molecule has 0 amide bonds. The van der Waals surface area contributed by atoms with Crippen molar-refractivity contribution in [3.8, 4) is 0 Å². The molecule has 6 unspecified atom stereocenters. The van der Waals surface area contributed by atoms with Crippen molar-refractivity contribution in [2.24, 2.45) is 35.5 Å². The number of rotatable bonds is 63. The fourth-order valence-electron chi connectivity index (χ4n) is 19.9. The molecule has 0 N–H and O–H groups in total. The lowest BCUT2D eigenvalue weighted by Gasteiger charge is -2.41. The van der Waals surface area contributed by atoms with E-state index in [1.54, 1.807) is 0 Å². The van der Waals surface area contributed by atoms with Crippen LogP contribution in [0.3, 0.4) is 0 Å².